The van der Waals surface area contributed by atoms with Crippen molar-refractivity contribution >= 4 is 16.6 Å². The molecule has 49 heavy (non-hydrogen) atoms. The highest BCUT2D eigenvalue weighted by molar-refractivity contribution is 5.88. The number of phenols is 1. The summed E-state index contributed by atoms with van der Waals surface area (Å²) in [6.07, 6.45) is 18.6. The fourth-order valence-electron chi connectivity index (χ4n) is 8.12. The van der Waals surface area contributed by atoms with Crippen molar-refractivity contribution in [3.8, 4) is 11.5 Å². The highest BCUT2D eigenvalue weighted by Crippen LogP contribution is 2.45. The van der Waals surface area contributed by atoms with E-state index in [1.54, 1.807) is 6.07 Å². The van der Waals surface area contributed by atoms with Crippen LogP contribution in [0.1, 0.15) is 87.0 Å². The summed E-state index contributed by atoms with van der Waals surface area (Å²) in [5.41, 5.74) is 12.3. The van der Waals surface area contributed by atoms with Crippen molar-refractivity contribution in [3.05, 3.63) is 113 Å². The van der Waals surface area contributed by atoms with Gasteiger partial charge in [0, 0.05) is 28.7 Å². The number of ether oxygens (including phenoxy) is 2. The lowest BCUT2D eigenvalue weighted by Gasteiger charge is -2.31. The molecule has 3 unspecified atom stereocenters. The summed E-state index contributed by atoms with van der Waals surface area (Å²) in [4.78, 5) is 0. The van der Waals surface area contributed by atoms with Crippen molar-refractivity contribution in [3.63, 3.8) is 0 Å². The third-order valence-electron chi connectivity index (χ3n) is 11.1. The van der Waals surface area contributed by atoms with E-state index in [1.165, 1.54) is 43.2 Å². The fraction of sp³-hybridized carbons (Fsp3) is 0.429. The molecule has 1 saturated carbocycles. The smallest absolute Gasteiger partial charge is 0.161 e. The molecule has 2 aliphatic heterocycles. The molecule has 5 N–H and O–H groups in total. The van der Waals surface area contributed by atoms with Crippen molar-refractivity contribution in [2.24, 2.45) is 11.1 Å². The fourth-order valence-corrected chi connectivity index (χ4v) is 8.12. The average Bonchev–Trinajstić information content (AvgIpc) is 3.77. The van der Waals surface area contributed by atoms with Gasteiger partial charge in [-0.15, -0.1) is 0 Å². The normalized spacial score (nSPS) is 22.7. The molecule has 1 aromatic heterocycles. The predicted molar refractivity (Wildman–Crippen MR) is 196 cm³/mol. The Labute approximate surface area is 290 Å². The first-order valence-corrected chi connectivity index (χ1v) is 18.2. The molecule has 1 aliphatic carbocycles. The Morgan fingerprint density at radius 3 is 2.65 bits per heavy atom. The lowest BCUT2D eigenvalue weighted by Crippen LogP contribution is -2.38. The predicted octanol–water partition coefficient (Wildman–Crippen LogP) is 7.96. The minimum Gasteiger partial charge on any atom is -0.504 e. The van der Waals surface area contributed by atoms with Crippen LogP contribution in [0, 0.1) is 5.41 Å². The Kier molecular flexibility index (Phi) is 10.1. The Balaban J connectivity index is 1.27. The molecular weight excluding hydrogens is 610 g/mol. The topological polar surface area (TPSA) is 102 Å². The van der Waals surface area contributed by atoms with E-state index in [0.29, 0.717) is 43.6 Å². The van der Waals surface area contributed by atoms with Crippen LogP contribution in [0.3, 0.4) is 0 Å². The van der Waals surface area contributed by atoms with Crippen LogP contribution in [0.2, 0.25) is 0 Å². The summed E-state index contributed by atoms with van der Waals surface area (Å²) in [6.45, 7) is 3.05. The van der Waals surface area contributed by atoms with E-state index in [9.17, 15) is 10.2 Å². The highest BCUT2D eigenvalue weighted by atomic mass is 16.5. The average molecular weight is 662 g/mol. The number of aryl methyl sites for hydroxylation is 1. The first-order chi connectivity index (χ1) is 23.9. The third kappa shape index (κ3) is 7.90. The Hall–Kier alpha value is -4.04. The molecule has 3 aliphatic rings. The SMILES string of the molecule is CCC1(CCC2CC(O)CCc3ccc(O)c(c3)OCc3cc(Cc4ccccc4)cc4cn(cc34)C3=C(C=CC(N)N3)CO2)CCCC1. The number of aromatic nitrogens is 1. The molecular formula is C42H51N3O4. The molecule has 258 valence electrons. The largest absolute Gasteiger partial charge is 0.504 e. The van der Waals surface area contributed by atoms with Gasteiger partial charge in [0.2, 0.25) is 0 Å². The molecule has 4 bridgehead atoms. The van der Waals surface area contributed by atoms with Crippen molar-refractivity contribution in [2.75, 3.05) is 6.61 Å². The maximum atomic E-state index is 11.3. The summed E-state index contributed by atoms with van der Waals surface area (Å²) in [6, 6.07) is 20.5. The lowest BCUT2D eigenvalue weighted by molar-refractivity contribution is 0.0101. The molecule has 0 radical (unpaired) electrons. The van der Waals surface area contributed by atoms with Gasteiger partial charge in [0.15, 0.2) is 11.5 Å². The molecule has 1 fully saturated rings. The van der Waals surface area contributed by atoms with E-state index >= 15 is 0 Å². The molecule has 3 heterocycles. The third-order valence-corrected chi connectivity index (χ3v) is 11.1. The molecule has 3 atom stereocenters. The standard InChI is InChI=1S/C42H51N3O4/c1-2-42(17-6-7-18-42)19-16-36-24-35(46)13-10-30-11-14-38(47)39(23-30)49-28-34-22-31(20-29-8-4-3-5-9-29)21-33-25-45(26-37(33)34)41-32(27-48-36)12-15-40(43)44-41/h3-5,8-9,11-12,14-15,21-23,25-26,35-36,40,44,46-47H,2,6-7,10,13,16-20,24,27-28,43H2,1H3. The van der Waals surface area contributed by atoms with Crippen molar-refractivity contribution in [1.82, 2.24) is 9.88 Å². The van der Waals surface area contributed by atoms with E-state index in [1.807, 2.05) is 24.3 Å². The minimum atomic E-state index is -0.502. The molecule has 0 saturated heterocycles. The monoisotopic (exact) mass is 661 g/mol. The number of rotatable bonds is 6. The van der Waals surface area contributed by atoms with E-state index in [4.69, 9.17) is 15.2 Å². The summed E-state index contributed by atoms with van der Waals surface area (Å²) < 4.78 is 15.2. The molecule has 3 aromatic carbocycles. The number of hydrogen-bond donors (Lipinski definition) is 4. The second-order valence-electron chi connectivity index (χ2n) is 14.5. The number of nitrogens with two attached hydrogens (primary N) is 1. The van der Waals surface area contributed by atoms with Gasteiger partial charge in [-0.1, -0.05) is 74.7 Å². The summed E-state index contributed by atoms with van der Waals surface area (Å²) in [5, 5.41) is 27.8. The van der Waals surface area contributed by atoms with E-state index in [0.717, 1.165) is 52.6 Å². The first-order valence-electron chi connectivity index (χ1n) is 18.2. The minimum absolute atomic E-state index is 0.0646. The maximum absolute atomic E-state index is 11.3. The second-order valence-corrected chi connectivity index (χ2v) is 14.5. The van der Waals surface area contributed by atoms with Gasteiger partial charge < -0.3 is 35.3 Å². The molecule has 0 amide bonds. The van der Waals surface area contributed by atoms with E-state index < -0.39 is 6.10 Å². The van der Waals surface area contributed by atoms with Crippen LogP contribution in [0.25, 0.3) is 16.6 Å². The Morgan fingerprint density at radius 1 is 1.00 bits per heavy atom. The lowest BCUT2D eigenvalue weighted by atomic mass is 9.78. The molecule has 0 spiro atoms. The number of nitrogens with zero attached hydrogens (tertiary/aromatic N) is 1. The zero-order valence-corrected chi connectivity index (χ0v) is 28.7. The Bertz CT molecular complexity index is 1800. The Morgan fingerprint density at radius 2 is 1.84 bits per heavy atom. The second kappa shape index (κ2) is 14.8. The summed E-state index contributed by atoms with van der Waals surface area (Å²) in [5.74, 6) is 1.46. The van der Waals surface area contributed by atoms with Gasteiger partial charge in [0.05, 0.1) is 25.0 Å². The molecule has 7 heteroatoms. The zero-order valence-electron chi connectivity index (χ0n) is 28.7. The zero-order chi connectivity index (χ0) is 33.8. The number of aliphatic hydroxyl groups excluding tert-OH is 1. The van der Waals surface area contributed by atoms with Gasteiger partial charge in [-0.2, -0.15) is 0 Å². The highest BCUT2D eigenvalue weighted by Gasteiger charge is 2.33. The van der Waals surface area contributed by atoms with Crippen LogP contribution < -0.4 is 15.8 Å². The van der Waals surface area contributed by atoms with Crippen molar-refractivity contribution in [2.45, 2.75) is 103 Å². The van der Waals surface area contributed by atoms with Gasteiger partial charge in [-0.3, -0.25) is 0 Å². The van der Waals surface area contributed by atoms with Gasteiger partial charge in [-0.25, -0.2) is 0 Å². The summed E-state index contributed by atoms with van der Waals surface area (Å²) >= 11 is 0. The van der Waals surface area contributed by atoms with E-state index in [2.05, 4.69) is 71.7 Å². The summed E-state index contributed by atoms with van der Waals surface area (Å²) in [7, 11) is 0. The number of benzene rings is 3. The number of aromatic hydroxyl groups is 1. The van der Waals surface area contributed by atoms with Gasteiger partial charge in [0.25, 0.3) is 0 Å². The number of dihydropyridines is 1. The van der Waals surface area contributed by atoms with Gasteiger partial charge in [0.1, 0.15) is 12.4 Å². The quantitative estimate of drug-likeness (QED) is 0.167. The van der Waals surface area contributed by atoms with Gasteiger partial charge >= 0.3 is 0 Å². The molecule has 7 rings (SSSR count). The van der Waals surface area contributed by atoms with Crippen molar-refractivity contribution < 1.29 is 19.7 Å². The van der Waals surface area contributed by atoms with Crippen LogP contribution in [-0.4, -0.2) is 39.8 Å². The first kappa shape index (κ1) is 33.5. The van der Waals surface area contributed by atoms with Gasteiger partial charge in [-0.05, 0) is 103 Å². The molecule has 4 aromatic rings. The number of fused-ring (bicyclic) bond motifs is 4. The van der Waals surface area contributed by atoms with Crippen LogP contribution in [0.4, 0.5) is 0 Å². The molecule has 7 nitrogen and oxygen atoms in total. The number of nitrogens with one attached hydrogen (secondary N) is 1. The van der Waals surface area contributed by atoms with Crippen LogP contribution in [0.15, 0.2) is 90.8 Å². The maximum Gasteiger partial charge on any atom is 0.161 e. The number of phenolic OH excluding ortho intramolecular Hbond substituents is 1. The van der Waals surface area contributed by atoms with Crippen molar-refractivity contribution in [1.29, 1.82) is 0 Å². The van der Waals surface area contributed by atoms with E-state index in [-0.39, 0.29) is 18.0 Å². The van der Waals surface area contributed by atoms with Crippen LogP contribution >= 0.6 is 0 Å². The van der Waals surface area contributed by atoms with Crippen LogP contribution in [0.5, 0.6) is 11.5 Å². The number of aliphatic hydroxyl groups is 1. The number of hydrogen-bond acceptors (Lipinski definition) is 6. The van der Waals surface area contributed by atoms with Crippen LogP contribution in [-0.2, 0) is 24.2 Å².